The number of benzene rings is 2. The Kier molecular flexibility index (Phi) is 4.85. The summed E-state index contributed by atoms with van der Waals surface area (Å²) >= 11 is 0. The summed E-state index contributed by atoms with van der Waals surface area (Å²) in [4.78, 5) is 4.81. The van der Waals surface area contributed by atoms with E-state index in [-0.39, 0.29) is 0 Å². The van der Waals surface area contributed by atoms with Crippen LogP contribution >= 0.6 is 0 Å². The molecule has 0 saturated carbocycles. The molecule has 0 amide bonds. The van der Waals surface area contributed by atoms with Gasteiger partial charge in [0.25, 0.3) is 0 Å². The van der Waals surface area contributed by atoms with Crippen molar-refractivity contribution in [3.63, 3.8) is 0 Å². The zero-order chi connectivity index (χ0) is 15.2. The monoisotopic (exact) mass is 289 g/mol. The maximum atomic E-state index is 4.81. The molecular weight excluding hydrogens is 266 g/mol. The Balaban J connectivity index is 1.87. The predicted octanol–water partition coefficient (Wildman–Crippen LogP) is 5.50. The van der Waals surface area contributed by atoms with Crippen molar-refractivity contribution in [3.8, 4) is 0 Å². The van der Waals surface area contributed by atoms with Crippen LogP contribution in [0.5, 0.6) is 0 Å². The third kappa shape index (κ3) is 3.54. The van der Waals surface area contributed by atoms with Crippen LogP contribution in [0.25, 0.3) is 5.57 Å². The second kappa shape index (κ2) is 7.22. The molecule has 0 radical (unpaired) electrons. The number of hydrogen-bond acceptors (Lipinski definition) is 1. The van der Waals surface area contributed by atoms with Gasteiger partial charge >= 0.3 is 0 Å². The predicted molar refractivity (Wildman–Crippen MR) is 95.5 cm³/mol. The van der Waals surface area contributed by atoms with Gasteiger partial charge in [-0.1, -0.05) is 68.0 Å². The minimum absolute atomic E-state index is 0.971. The number of nitrogens with zero attached hydrogens (tertiary/aromatic N) is 1. The van der Waals surface area contributed by atoms with Gasteiger partial charge in [0.15, 0.2) is 0 Å². The van der Waals surface area contributed by atoms with Crippen LogP contribution in [0.4, 0.5) is 0 Å². The van der Waals surface area contributed by atoms with Crippen molar-refractivity contribution in [1.82, 2.24) is 0 Å². The first-order valence-electron chi connectivity index (χ1n) is 8.23. The quantitative estimate of drug-likeness (QED) is 0.707. The first-order valence-corrected chi connectivity index (χ1v) is 8.23. The van der Waals surface area contributed by atoms with E-state index in [4.69, 9.17) is 4.99 Å². The molecule has 112 valence electrons. The highest BCUT2D eigenvalue weighted by Gasteiger charge is 2.09. The van der Waals surface area contributed by atoms with Gasteiger partial charge in [-0.15, -0.1) is 0 Å². The van der Waals surface area contributed by atoms with Crippen molar-refractivity contribution in [2.45, 2.75) is 32.1 Å². The molecule has 1 nitrogen and oxygen atoms in total. The average Bonchev–Trinajstić information content (AvgIpc) is 2.55. The van der Waals surface area contributed by atoms with Crippen LogP contribution < -0.4 is 0 Å². The van der Waals surface area contributed by atoms with Crippen molar-refractivity contribution in [2.75, 3.05) is 6.54 Å². The molecule has 0 aliphatic carbocycles. The number of rotatable bonds is 3. The second-order valence-corrected chi connectivity index (χ2v) is 5.92. The Morgan fingerprint density at radius 1 is 0.818 bits per heavy atom. The molecule has 0 saturated heterocycles. The average molecular weight is 289 g/mol. The van der Waals surface area contributed by atoms with Gasteiger partial charge in [0, 0.05) is 12.3 Å². The highest BCUT2D eigenvalue weighted by atomic mass is 14.7. The third-order valence-electron chi connectivity index (χ3n) is 4.29. The summed E-state index contributed by atoms with van der Waals surface area (Å²) in [5.74, 6) is 0. The van der Waals surface area contributed by atoms with E-state index in [1.54, 1.807) is 0 Å². The lowest BCUT2D eigenvalue weighted by Gasteiger charge is -2.13. The molecule has 1 aliphatic heterocycles. The molecule has 1 heteroatoms. The van der Waals surface area contributed by atoms with Gasteiger partial charge in [-0.05, 0) is 47.6 Å². The fraction of sp³-hybridized carbons (Fsp3) is 0.286. The Hall–Kier alpha value is -2.15. The van der Waals surface area contributed by atoms with Crippen LogP contribution in [-0.4, -0.2) is 12.3 Å². The Bertz CT molecular complexity index is 667. The summed E-state index contributed by atoms with van der Waals surface area (Å²) in [5.41, 5.74) is 5.97. The summed E-state index contributed by atoms with van der Waals surface area (Å²) in [6, 6.07) is 19.1. The molecule has 0 N–H and O–H groups in total. The molecule has 3 rings (SSSR count). The Labute approximate surface area is 133 Å². The summed E-state index contributed by atoms with van der Waals surface area (Å²) in [7, 11) is 0. The molecular formula is C21H23N. The molecule has 0 aromatic heterocycles. The lowest BCUT2D eigenvalue weighted by molar-refractivity contribution is 0.644. The summed E-state index contributed by atoms with van der Waals surface area (Å²) in [5, 5.41) is 0. The van der Waals surface area contributed by atoms with E-state index in [0.717, 1.165) is 18.5 Å². The first kappa shape index (κ1) is 14.8. The topological polar surface area (TPSA) is 12.4 Å². The molecule has 1 heterocycles. The van der Waals surface area contributed by atoms with Gasteiger partial charge in [-0.2, -0.15) is 0 Å². The zero-order valence-corrected chi connectivity index (χ0v) is 13.1. The van der Waals surface area contributed by atoms with E-state index in [9.17, 15) is 0 Å². The SMILES string of the molecule is C=C(c1ccccc1)c1cccc(C2=NCCCCCC2)c1. The van der Waals surface area contributed by atoms with Crippen LogP contribution in [0.1, 0.15) is 48.8 Å². The molecule has 2 aromatic carbocycles. The smallest absolute Gasteiger partial charge is 0.0420 e. The normalized spacial score (nSPS) is 15.5. The van der Waals surface area contributed by atoms with E-state index in [2.05, 4.69) is 55.1 Å². The highest BCUT2D eigenvalue weighted by Crippen LogP contribution is 2.23. The van der Waals surface area contributed by atoms with Crippen molar-refractivity contribution < 1.29 is 0 Å². The second-order valence-electron chi connectivity index (χ2n) is 5.92. The largest absolute Gasteiger partial charge is 0.289 e. The molecule has 0 atom stereocenters. The van der Waals surface area contributed by atoms with Gasteiger partial charge in [0.1, 0.15) is 0 Å². The molecule has 0 fully saturated rings. The zero-order valence-electron chi connectivity index (χ0n) is 13.1. The Morgan fingerprint density at radius 3 is 2.45 bits per heavy atom. The highest BCUT2D eigenvalue weighted by molar-refractivity contribution is 6.01. The number of aliphatic imine (C=N–C) groups is 1. The molecule has 2 aromatic rings. The standard InChI is InChI=1S/C21H23N/c1-17(18-10-5-4-6-11-18)19-12-9-13-20(16-19)21-14-7-2-3-8-15-22-21/h4-6,9-13,16H,1-3,7-8,14-15H2. The van der Waals surface area contributed by atoms with Gasteiger partial charge in [0.05, 0.1) is 0 Å². The lowest BCUT2D eigenvalue weighted by atomic mass is 9.95. The minimum Gasteiger partial charge on any atom is -0.289 e. The molecule has 0 bridgehead atoms. The van der Waals surface area contributed by atoms with Crippen LogP contribution in [-0.2, 0) is 0 Å². The Morgan fingerprint density at radius 2 is 1.59 bits per heavy atom. The van der Waals surface area contributed by atoms with Crippen LogP contribution in [0.15, 0.2) is 66.2 Å². The third-order valence-corrected chi connectivity index (χ3v) is 4.29. The van der Waals surface area contributed by atoms with E-state index >= 15 is 0 Å². The van der Waals surface area contributed by atoms with Crippen molar-refractivity contribution in [3.05, 3.63) is 77.9 Å². The number of hydrogen-bond donors (Lipinski definition) is 0. The van der Waals surface area contributed by atoms with E-state index < -0.39 is 0 Å². The van der Waals surface area contributed by atoms with E-state index in [1.807, 2.05) is 6.07 Å². The summed E-state index contributed by atoms with van der Waals surface area (Å²) in [6.07, 6.45) is 6.22. The molecule has 0 spiro atoms. The molecule has 1 aliphatic rings. The van der Waals surface area contributed by atoms with Gasteiger partial charge in [0.2, 0.25) is 0 Å². The van der Waals surface area contributed by atoms with Crippen LogP contribution in [0.2, 0.25) is 0 Å². The van der Waals surface area contributed by atoms with Crippen molar-refractivity contribution in [2.24, 2.45) is 4.99 Å². The molecule has 22 heavy (non-hydrogen) atoms. The fourth-order valence-electron chi connectivity index (χ4n) is 2.98. The van der Waals surface area contributed by atoms with Gasteiger partial charge < -0.3 is 0 Å². The maximum absolute atomic E-state index is 4.81. The van der Waals surface area contributed by atoms with Gasteiger partial charge in [-0.3, -0.25) is 4.99 Å². The maximum Gasteiger partial charge on any atom is 0.0420 e. The van der Waals surface area contributed by atoms with E-state index in [1.165, 1.54) is 48.1 Å². The minimum atomic E-state index is 0.971. The van der Waals surface area contributed by atoms with Crippen molar-refractivity contribution in [1.29, 1.82) is 0 Å². The first-order chi connectivity index (χ1) is 10.8. The fourth-order valence-corrected chi connectivity index (χ4v) is 2.98. The molecule has 0 unspecified atom stereocenters. The summed E-state index contributed by atoms with van der Waals surface area (Å²) < 4.78 is 0. The summed E-state index contributed by atoms with van der Waals surface area (Å²) in [6.45, 7) is 5.25. The van der Waals surface area contributed by atoms with Crippen molar-refractivity contribution >= 4 is 11.3 Å². The lowest BCUT2D eigenvalue weighted by Crippen LogP contribution is -2.05. The van der Waals surface area contributed by atoms with Crippen LogP contribution in [0, 0.1) is 0 Å². The van der Waals surface area contributed by atoms with Crippen LogP contribution in [0.3, 0.4) is 0 Å². The van der Waals surface area contributed by atoms with Gasteiger partial charge in [-0.25, -0.2) is 0 Å². The van der Waals surface area contributed by atoms with E-state index in [0.29, 0.717) is 0 Å².